The second-order valence-corrected chi connectivity index (χ2v) is 6.18. The van der Waals surface area contributed by atoms with Gasteiger partial charge in [0, 0.05) is 12.2 Å². The highest BCUT2D eigenvalue weighted by Gasteiger charge is 2.24. The van der Waals surface area contributed by atoms with Gasteiger partial charge in [-0.25, -0.2) is 4.79 Å². The van der Waals surface area contributed by atoms with Crippen molar-refractivity contribution in [3.63, 3.8) is 0 Å². The van der Waals surface area contributed by atoms with Crippen LogP contribution in [0.5, 0.6) is 0 Å². The molecular weight excluding hydrogens is 302 g/mol. The normalized spacial score (nSPS) is 17.2. The fraction of sp³-hybridized carbons (Fsp3) is 0.263. The lowest BCUT2D eigenvalue weighted by molar-refractivity contribution is -0.121. The molecular formula is C19H21N3O2. The summed E-state index contributed by atoms with van der Waals surface area (Å²) in [6.07, 6.45) is 0.265. The number of anilines is 1. The van der Waals surface area contributed by atoms with E-state index in [-0.39, 0.29) is 18.4 Å². The predicted molar refractivity (Wildman–Crippen MR) is 93.7 cm³/mol. The Balaban J connectivity index is 1.64. The standard InChI is InChI=1S/C19H21N3O2/c1-12-3-4-15(13(2)9-12)11-20-16-7-5-14(6-8-16)17-10-18(23)22-19(24)21-17/h3-9,17,20H,10-11H2,1-2H3,(H2,21,22,23,24). The van der Waals surface area contributed by atoms with Crippen LogP contribution in [0, 0.1) is 13.8 Å². The third-order valence-corrected chi connectivity index (χ3v) is 4.24. The zero-order valence-electron chi connectivity index (χ0n) is 13.8. The molecule has 2 aromatic rings. The minimum Gasteiger partial charge on any atom is -0.381 e. The third-order valence-electron chi connectivity index (χ3n) is 4.24. The monoisotopic (exact) mass is 323 g/mol. The molecule has 0 bridgehead atoms. The number of nitrogens with one attached hydrogen (secondary N) is 3. The fourth-order valence-electron chi connectivity index (χ4n) is 2.88. The average molecular weight is 323 g/mol. The number of carbonyl (C=O) groups excluding carboxylic acids is 2. The van der Waals surface area contributed by atoms with Gasteiger partial charge in [0.2, 0.25) is 5.91 Å². The molecule has 1 aliphatic heterocycles. The van der Waals surface area contributed by atoms with Crippen LogP contribution in [0.3, 0.4) is 0 Å². The molecule has 5 nitrogen and oxygen atoms in total. The van der Waals surface area contributed by atoms with Crippen molar-refractivity contribution in [2.75, 3.05) is 5.32 Å². The van der Waals surface area contributed by atoms with Crippen molar-refractivity contribution in [3.05, 3.63) is 64.7 Å². The Morgan fingerprint density at radius 3 is 2.50 bits per heavy atom. The highest BCUT2D eigenvalue weighted by molar-refractivity contribution is 5.97. The summed E-state index contributed by atoms with van der Waals surface area (Å²) in [5.41, 5.74) is 5.73. The van der Waals surface area contributed by atoms with Gasteiger partial charge in [0.05, 0.1) is 12.5 Å². The smallest absolute Gasteiger partial charge is 0.321 e. The van der Waals surface area contributed by atoms with Gasteiger partial charge in [-0.05, 0) is 42.7 Å². The summed E-state index contributed by atoms with van der Waals surface area (Å²) in [6.45, 7) is 4.96. The SMILES string of the molecule is Cc1ccc(CNc2ccc(C3CC(=O)NC(=O)N3)cc2)c(C)c1. The summed E-state index contributed by atoms with van der Waals surface area (Å²) >= 11 is 0. The molecule has 124 valence electrons. The highest BCUT2D eigenvalue weighted by Crippen LogP contribution is 2.21. The highest BCUT2D eigenvalue weighted by atomic mass is 16.2. The summed E-state index contributed by atoms with van der Waals surface area (Å²) in [7, 11) is 0. The number of imide groups is 1. The second kappa shape index (κ2) is 6.74. The van der Waals surface area contributed by atoms with Gasteiger partial charge in [-0.1, -0.05) is 35.9 Å². The van der Waals surface area contributed by atoms with Crippen LogP contribution >= 0.6 is 0 Å². The van der Waals surface area contributed by atoms with E-state index >= 15 is 0 Å². The van der Waals surface area contributed by atoms with E-state index in [0.717, 1.165) is 17.8 Å². The van der Waals surface area contributed by atoms with E-state index in [2.05, 4.69) is 48.0 Å². The molecule has 1 saturated heterocycles. The van der Waals surface area contributed by atoms with Gasteiger partial charge in [-0.2, -0.15) is 0 Å². The zero-order valence-corrected chi connectivity index (χ0v) is 13.8. The van der Waals surface area contributed by atoms with Crippen molar-refractivity contribution in [1.82, 2.24) is 10.6 Å². The van der Waals surface area contributed by atoms with E-state index in [0.29, 0.717) is 0 Å². The van der Waals surface area contributed by atoms with Crippen molar-refractivity contribution >= 4 is 17.6 Å². The van der Waals surface area contributed by atoms with E-state index < -0.39 is 6.03 Å². The topological polar surface area (TPSA) is 70.2 Å². The Morgan fingerprint density at radius 2 is 1.83 bits per heavy atom. The number of urea groups is 1. The van der Waals surface area contributed by atoms with Crippen LogP contribution in [-0.2, 0) is 11.3 Å². The van der Waals surface area contributed by atoms with Crippen LogP contribution in [0.15, 0.2) is 42.5 Å². The Labute approximate surface area is 141 Å². The van der Waals surface area contributed by atoms with Gasteiger partial charge in [0.15, 0.2) is 0 Å². The molecule has 1 fully saturated rings. The Morgan fingerprint density at radius 1 is 1.08 bits per heavy atom. The summed E-state index contributed by atoms with van der Waals surface area (Å²) < 4.78 is 0. The van der Waals surface area contributed by atoms with Gasteiger partial charge >= 0.3 is 6.03 Å². The van der Waals surface area contributed by atoms with E-state index in [1.54, 1.807) is 0 Å². The fourth-order valence-corrected chi connectivity index (χ4v) is 2.88. The molecule has 0 spiro atoms. The molecule has 0 aliphatic carbocycles. The van der Waals surface area contributed by atoms with Crippen molar-refractivity contribution in [2.24, 2.45) is 0 Å². The first-order chi connectivity index (χ1) is 11.5. The van der Waals surface area contributed by atoms with Gasteiger partial charge in [0.25, 0.3) is 0 Å². The molecule has 2 aromatic carbocycles. The molecule has 3 amide bonds. The van der Waals surface area contributed by atoms with E-state index in [4.69, 9.17) is 0 Å². The van der Waals surface area contributed by atoms with Crippen LogP contribution in [-0.4, -0.2) is 11.9 Å². The van der Waals surface area contributed by atoms with Crippen LogP contribution in [0.4, 0.5) is 10.5 Å². The Kier molecular flexibility index (Phi) is 4.51. The summed E-state index contributed by atoms with van der Waals surface area (Å²) in [6, 6.07) is 13.5. The van der Waals surface area contributed by atoms with Gasteiger partial charge in [0.1, 0.15) is 0 Å². The summed E-state index contributed by atoms with van der Waals surface area (Å²) in [5, 5.41) is 8.40. The average Bonchev–Trinajstić information content (AvgIpc) is 2.53. The molecule has 1 heterocycles. The predicted octanol–water partition coefficient (Wildman–Crippen LogP) is 3.19. The maximum atomic E-state index is 11.5. The largest absolute Gasteiger partial charge is 0.381 e. The number of carbonyl (C=O) groups is 2. The molecule has 1 unspecified atom stereocenters. The Bertz CT molecular complexity index is 753. The van der Waals surface area contributed by atoms with Crippen molar-refractivity contribution in [1.29, 1.82) is 0 Å². The summed E-state index contributed by atoms with van der Waals surface area (Å²) in [5.74, 6) is -0.249. The number of hydrogen-bond acceptors (Lipinski definition) is 3. The quantitative estimate of drug-likeness (QED) is 0.809. The van der Waals surface area contributed by atoms with Crippen LogP contribution in [0.2, 0.25) is 0 Å². The first-order valence-electron chi connectivity index (χ1n) is 8.01. The number of aryl methyl sites for hydroxylation is 2. The minimum atomic E-state index is -0.437. The lowest BCUT2D eigenvalue weighted by atomic mass is 10.0. The first kappa shape index (κ1) is 16.1. The zero-order chi connectivity index (χ0) is 17.1. The third kappa shape index (κ3) is 3.74. The lowest BCUT2D eigenvalue weighted by Crippen LogP contribution is -2.48. The number of amides is 3. The van der Waals surface area contributed by atoms with Gasteiger partial charge in [-0.3, -0.25) is 10.1 Å². The van der Waals surface area contributed by atoms with Crippen molar-refractivity contribution < 1.29 is 9.59 Å². The lowest BCUT2D eigenvalue weighted by Gasteiger charge is -2.23. The van der Waals surface area contributed by atoms with Crippen LogP contribution in [0.1, 0.15) is 34.7 Å². The molecule has 3 rings (SSSR count). The van der Waals surface area contributed by atoms with E-state index in [9.17, 15) is 9.59 Å². The summed E-state index contributed by atoms with van der Waals surface area (Å²) in [4.78, 5) is 22.8. The molecule has 0 aromatic heterocycles. The molecule has 0 radical (unpaired) electrons. The molecule has 24 heavy (non-hydrogen) atoms. The van der Waals surface area contributed by atoms with E-state index in [1.165, 1.54) is 16.7 Å². The molecule has 0 saturated carbocycles. The maximum absolute atomic E-state index is 11.5. The van der Waals surface area contributed by atoms with Gasteiger partial charge in [-0.15, -0.1) is 0 Å². The second-order valence-electron chi connectivity index (χ2n) is 6.18. The number of hydrogen-bond donors (Lipinski definition) is 3. The first-order valence-corrected chi connectivity index (χ1v) is 8.01. The molecule has 1 aliphatic rings. The number of rotatable bonds is 4. The minimum absolute atomic E-state index is 0.249. The van der Waals surface area contributed by atoms with Crippen LogP contribution < -0.4 is 16.0 Å². The van der Waals surface area contributed by atoms with Crippen LogP contribution in [0.25, 0.3) is 0 Å². The maximum Gasteiger partial charge on any atom is 0.321 e. The molecule has 3 N–H and O–H groups in total. The Hall–Kier alpha value is -2.82. The van der Waals surface area contributed by atoms with Crippen molar-refractivity contribution in [3.8, 4) is 0 Å². The molecule has 5 heteroatoms. The van der Waals surface area contributed by atoms with Crippen molar-refractivity contribution in [2.45, 2.75) is 32.9 Å². The van der Waals surface area contributed by atoms with Gasteiger partial charge < -0.3 is 10.6 Å². The number of benzene rings is 2. The molecule has 1 atom stereocenters. The van der Waals surface area contributed by atoms with E-state index in [1.807, 2.05) is 24.3 Å².